The summed E-state index contributed by atoms with van der Waals surface area (Å²) in [7, 11) is 0. The van der Waals surface area contributed by atoms with Crippen molar-refractivity contribution in [3.63, 3.8) is 0 Å². The van der Waals surface area contributed by atoms with E-state index in [1.165, 1.54) is 0 Å². The van der Waals surface area contributed by atoms with Gasteiger partial charge in [0.25, 0.3) is 5.79 Å². The molecule has 0 aromatic carbocycles. The van der Waals surface area contributed by atoms with Crippen molar-refractivity contribution in [3.05, 3.63) is 0 Å². The third-order valence-electron chi connectivity index (χ3n) is 3.21. The Bertz CT molecular complexity index is 408. The lowest BCUT2D eigenvalue weighted by Gasteiger charge is -2.44. The average molecular weight is 325 g/mol. The Morgan fingerprint density at radius 2 is 2.05 bits per heavy atom. The van der Waals surface area contributed by atoms with Crippen LogP contribution in [0.4, 0.5) is 0 Å². The van der Waals surface area contributed by atoms with Gasteiger partial charge in [0.1, 0.15) is 12.2 Å². The smallest absolute Gasteiger partial charge is 0.364 e. The topological polar surface area (TPSA) is 157 Å². The Labute approximate surface area is 125 Å². The number of thiol groups is 1. The fraction of sp³-hybridized carbons (Fsp3) is 0.818. The van der Waals surface area contributed by atoms with Gasteiger partial charge in [-0.3, -0.25) is 4.79 Å². The quantitative estimate of drug-likeness (QED) is 0.265. The third kappa shape index (κ3) is 4.05. The second kappa shape index (κ2) is 6.90. The number of rotatable bonds is 5. The fourth-order valence-electron chi connectivity index (χ4n) is 2.14. The number of ether oxygens (including phenoxy) is 1. The lowest BCUT2D eigenvalue weighted by atomic mass is 9.89. The number of carbonyl (C=O) groups excluding carboxylic acids is 1. The Morgan fingerprint density at radius 1 is 1.48 bits per heavy atom. The molecule has 0 saturated carbocycles. The van der Waals surface area contributed by atoms with Crippen molar-refractivity contribution in [1.82, 2.24) is 5.32 Å². The van der Waals surface area contributed by atoms with Crippen LogP contribution in [0.25, 0.3) is 0 Å². The highest BCUT2D eigenvalue weighted by Crippen LogP contribution is 2.30. The summed E-state index contributed by atoms with van der Waals surface area (Å²) in [6.07, 6.45) is -6.79. The van der Waals surface area contributed by atoms with E-state index >= 15 is 0 Å². The molecule has 1 amide bonds. The fourth-order valence-corrected chi connectivity index (χ4v) is 2.35. The van der Waals surface area contributed by atoms with Gasteiger partial charge in [-0.1, -0.05) is 0 Å². The van der Waals surface area contributed by atoms with Gasteiger partial charge in [-0.2, -0.15) is 12.6 Å². The van der Waals surface area contributed by atoms with Crippen LogP contribution in [0.2, 0.25) is 0 Å². The SMILES string of the molecule is CC(=O)N[C@H]1[C@H]([C@H](O)[C@H](O)CS)O[C@@](O)(C(=O)O)C[C@@H]1O. The van der Waals surface area contributed by atoms with Crippen LogP contribution >= 0.6 is 12.6 Å². The van der Waals surface area contributed by atoms with Crippen LogP contribution in [0.3, 0.4) is 0 Å². The van der Waals surface area contributed by atoms with Gasteiger partial charge in [-0.25, -0.2) is 4.79 Å². The minimum absolute atomic E-state index is 0.171. The molecule has 1 aliphatic heterocycles. The zero-order valence-electron chi connectivity index (χ0n) is 11.2. The number of amides is 1. The van der Waals surface area contributed by atoms with Crippen molar-refractivity contribution < 1.29 is 39.9 Å². The molecule has 21 heavy (non-hydrogen) atoms. The minimum Gasteiger partial charge on any atom is -0.477 e. The first-order valence-corrected chi connectivity index (χ1v) is 6.81. The summed E-state index contributed by atoms with van der Waals surface area (Å²) in [4.78, 5) is 22.2. The summed E-state index contributed by atoms with van der Waals surface area (Å²) < 4.78 is 4.94. The highest BCUT2D eigenvalue weighted by atomic mass is 32.1. The molecule has 122 valence electrons. The van der Waals surface area contributed by atoms with E-state index in [-0.39, 0.29) is 5.75 Å². The molecule has 6 N–H and O–H groups in total. The highest BCUT2D eigenvalue weighted by Gasteiger charge is 2.53. The molecular formula is C11H19NO8S. The number of carboxylic acid groups (broad SMARTS) is 1. The normalized spacial score (nSPS) is 35.8. The second-order valence-electron chi connectivity index (χ2n) is 4.91. The molecular weight excluding hydrogens is 306 g/mol. The minimum atomic E-state index is -2.73. The zero-order valence-corrected chi connectivity index (χ0v) is 12.1. The van der Waals surface area contributed by atoms with E-state index in [0.717, 1.165) is 6.92 Å². The van der Waals surface area contributed by atoms with Crippen molar-refractivity contribution in [2.24, 2.45) is 0 Å². The molecule has 6 atom stereocenters. The third-order valence-corrected chi connectivity index (χ3v) is 3.58. The van der Waals surface area contributed by atoms with E-state index in [0.29, 0.717) is 0 Å². The molecule has 0 unspecified atom stereocenters. The first kappa shape index (κ1) is 18.1. The van der Waals surface area contributed by atoms with Crippen LogP contribution in [0, 0.1) is 0 Å². The van der Waals surface area contributed by atoms with Gasteiger partial charge in [-0.05, 0) is 0 Å². The summed E-state index contributed by atoms with van der Waals surface area (Å²) in [6.45, 7) is 1.16. The van der Waals surface area contributed by atoms with Crippen LogP contribution in [-0.2, 0) is 14.3 Å². The van der Waals surface area contributed by atoms with Crippen LogP contribution in [0.15, 0.2) is 0 Å². The van der Waals surface area contributed by atoms with E-state index in [2.05, 4.69) is 17.9 Å². The van der Waals surface area contributed by atoms with Crippen molar-refractivity contribution in [2.45, 2.75) is 49.6 Å². The second-order valence-corrected chi connectivity index (χ2v) is 5.28. The van der Waals surface area contributed by atoms with Crippen molar-refractivity contribution in [2.75, 3.05) is 5.75 Å². The van der Waals surface area contributed by atoms with Gasteiger partial charge >= 0.3 is 5.97 Å². The van der Waals surface area contributed by atoms with E-state index in [9.17, 15) is 30.0 Å². The van der Waals surface area contributed by atoms with Gasteiger partial charge in [0.15, 0.2) is 0 Å². The van der Waals surface area contributed by atoms with Crippen LogP contribution < -0.4 is 5.32 Å². The molecule has 1 saturated heterocycles. The van der Waals surface area contributed by atoms with Gasteiger partial charge in [0.05, 0.1) is 18.2 Å². The van der Waals surface area contributed by atoms with Crippen molar-refractivity contribution >= 4 is 24.5 Å². The number of aliphatic carboxylic acids is 1. The maximum Gasteiger partial charge on any atom is 0.364 e. The molecule has 1 aliphatic rings. The molecule has 0 aromatic rings. The Kier molecular flexibility index (Phi) is 5.96. The number of carboxylic acids is 1. The number of carbonyl (C=O) groups is 2. The van der Waals surface area contributed by atoms with Crippen molar-refractivity contribution in [1.29, 1.82) is 0 Å². The maximum absolute atomic E-state index is 11.1. The largest absolute Gasteiger partial charge is 0.477 e. The molecule has 9 nitrogen and oxygen atoms in total. The van der Waals surface area contributed by atoms with Crippen LogP contribution in [0.5, 0.6) is 0 Å². The first-order chi connectivity index (χ1) is 9.62. The summed E-state index contributed by atoms with van der Waals surface area (Å²) >= 11 is 3.79. The van der Waals surface area contributed by atoms with Crippen LogP contribution in [0.1, 0.15) is 13.3 Å². The number of aliphatic hydroxyl groups excluding tert-OH is 3. The van der Waals surface area contributed by atoms with Gasteiger partial charge < -0.3 is 35.6 Å². The monoisotopic (exact) mass is 325 g/mol. The standard InChI is InChI=1S/C11H19NO8S/c1-4(13)12-7-5(14)2-11(19,10(17)18)20-9(7)8(16)6(15)3-21/h5-9,14-16,19,21H,2-3H2,1H3,(H,12,13)(H,17,18)/t5-,6+,7+,8+,9+,11+/m0/s1. The van der Waals surface area contributed by atoms with Crippen molar-refractivity contribution in [3.8, 4) is 0 Å². The molecule has 10 heteroatoms. The van der Waals surface area contributed by atoms with E-state index in [1.807, 2.05) is 0 Å². The molecule has 0 radical (unpaired) electrons. The maximum atomic E-state index is 11.1. The zero-order chi connectivity index (χ0) is 16.4. The van der Waals surface area contributed by atoms with Crippen LogP contribution in [-0.4, -0.2) is 79.4 Å². The number of hydrogen-bond acceptors (Lipinski definition) is 8. The molecule has 1 heterocycles. The van der Waals surface area contributed by atoms with Gasteiger partial charge in [0.2, 0.25) is 5.91 Å². The van der Waals surface area contributed by atoms with Gasteiger partial charge in [0, 0.05) is 19.1 Å². The molecule has 0 spiro atoms. The van der Waals surface area contributed by atoms with E-state index in [4.69, 9.17) is 9.84 Å². The lowest BCUT2D eigenvalue weighted by Crippen LogP contribution is -2.67. The number of nitrogens with one attached hydrogen (secondary N) is 1. The molecule has 1 rings (SSSR count). The number of aliphatic hydroxyl groups is 4. The molecule has 0 aromatic heterocycles. The number of hydrogen-bond donors (Lipinski definition) is 7. The molecule has 0 aliphatic carbocycles. The summed E-state index contributed by atoms with van der Waals surface area (Å²) in [5.74, 6) is -5.20. The average Bonchev–Trinajstić information content (AvgIpc) is 2.39. The van der Waals surface area contributed by atoms with E-state index < -0.39 is 54.5 Å². The predicted octanol–water partition coefficient (Wildman–Crippen LogP) is -2.93. The molecule has 1 fully saturated rings. The lowest BCUT2D eigenvalue weighted by molar-refractivity contribution is -0.293. The predicted molar refractivity (Wildman–Crippen MR) is 71.6 cm³/mol. The van der Waals surface area contributed by atoms with Gasteiger partial charge in [-0.15, -0.1) is 0 Å². The van der Waals surface area contributed by atoms with E-state index in [1.54, 1.807) is 0 Å². The molecule has 0 bridgehead atoms. The summed E-state index contributed by atoms with van der Waals surface area (Å²) in [5, 5.41) is 50.6. The Balaban J connectivity index is 3.07. The Morgan fingerprint density at radius 3 is 2.48 bits per heavy atom. The Hall–Kier alpha value is -0.910. The first-order valence-electron chi connectivity index (χ1n) is 6.18. The summed E-state index contributed by atoms with van der Waals surface area (Å²) in [5.41, 5.74) is 0. The summed E-state index contributed by atoms with van der Waals surface area (Å²) in [6, 6.07) is -1.19. The highest BCUT2D eigenvalue weighted by molar-refractivity contribution is 7.80.